The predicted molar refractivity (Wildman–Crippen MR) is 48.0 cm³/mol. The summed E-state index contributed by atoms with van der Waals surface area (Å²) in [7, 11) is 0. The Morgan fingerprint density at radius 1 is 1.40 bits per heavy atom. The molecule has 0 aliphatic carbocycles. The topological polar surface area (TPSA) is 64.4 Å². The average Bonchev–Trinajstić information content (AvgIpc) is 1.59. The number of aliphatic imine (C=N–C) groups is 1. The van der Waals surface area contributed by atoms with Crippen molar-refractivity contribution in [3.05, 3.63) is 0 Å². The molecule has 0 radical (unpaired) electrons. The molecular weight excluding hydrogens is 146 g/mol. The molecule has 60 valence electrons. The standard InChI is InChI=1S/C6H15N3S/c1-6(2,3)10-4-9-5(7)8/h4H2,1-3H3,(H4,7,8,9). The van der Waals surface area contributed by atoms with Gasteiger partial charge in [-0.15, -0.1) is 11.8 Å². The van der Waals surface area contributed by atoms with Crippen molar-refractivity contribution in [3.8, 4) is 0 Å². The third-order valence-electron chi connectivity index (χ3n) is 0.745. The van der Waals surface area contributed by atoms with Crippen LogP contribution in [0, 0.1) is 0 Å². The van der Waals surface area contributed by atoms with Crippen LogP contribution < -0.4 is 11.5 Å². The first kappa shape index (κ1) is 9.62. The zero-order valence-electron chi connectivity index (χ0n) is 6.72. The molecule has 0 bridgehead atoms. The van der Waals surface area contributed by atoms with E-state index < -0.39 is 0 Å². The third-order valence-corrected chi connectivity index (χ3v) is 1.87. The molecule has 0 spiro atoms. The number of guanidine groups is 1. The van der Waals surface area contributed by atoms with Crippen molar-refractivity contribution >= 4 is 17.7 Å². The summed E-state index contributed by atoms with van der Waals surface area (Å²) < 4.78 is 0.235. The minimum Gasteiger partial charge on any atom is -0.370 e. The number of thioether (sulfide) groups is 1. The summed E-state index contributed by atoms with van der Waals surface area (Å²) >= 11 is 1.71. The van der Waals surface area contributed by atoms with Gasteiger partial charge in [0.25, 0.3) is 0 Å². The second-order valence-electron chi connectivity index (χ2n) is 2.97. The van der Waals surface area contributed by atoms with E-state index in [0.29, 0.717) is 5.88 Å². The molecule has 0 saturated heterocycles. The Labute approximate surface area is 66.3 Å². The molecule has 0 aliphatic rings. The van der Waals surface area contributed by atoms with Gasteiger partial charge in [-0.1, -0.05) is 20.8 Å². The van der Waals surface area contributed by atoms with Gasteiger partial charge < -0.3 is 11.5 Å². The summed E-state index contributed by atoms with van der Waals surface area (Å²) in [6.07, 6.45) is 0. The number of nitrogens with zero attached hydrogens (tertiary/aromatic N) is 1. The van der Waals surface area contributed by atoms with Crippen LogP contribution in [0.15, 0.2) is 4.99 Å². The molecular formula is C6H15N3S. The Bertz CT molecular complexity index is 121. The molecule has 10 heavy (non-hydrogen) atoms. The molecule has 0 amide bonds. The molecule has 4 heteroatoms. The van der Waals surface area contributed by atoms with Gasteiger partial charge in [0.1, 0.15) is 0 Å². The summed E-state index contributed by atoms with van der Waals surface area (Å²) in [5.74, 6) is 0.808. The van der Waals surface area contributed by atoms with Crippen molar-refractivity contribution < 1.29 is 0 Å². The Kier molecular flexibility index (Phi) is 3.57. The van der Waals surface area contributed by atoms with Crippen LogP contribution in [0.2, 0.25) is 0 Å². The van der Waals surface area contributed by atoms with Crippen molar-refractivity contribution in [1.82, 2.24) is 0 Å². The molecule has 4 N–H and O–H groups in total. The molecule has 0 heterocycles. The van der Waals surface area contributed by atoms with E-state index in [9.17, 15) is 0 Å². The van der Waals surface area contributed by atoms with Crippen molar-refractivity contribution in [2.24, 2.45) is 16.5 Å². The maximum absolute atomic E-state index is 5.14. The smallest absolute Gasteiger partial charge is 0.186 e. The number of hydrogen-bond donors (Lipinski definition) is 2. The highest BCUT2D eigenvalue weighted by molar-refractivity contribution is 8.00. The molecule has 0 unspecified atom stereocenters. The van der Waals surface area contributed by atoms with Crippen molar-refractivity contribution in [1.29, 1.82) is 0 Å². The van der Waals surface area contributed by atoms with E-state index in [1.54, 1.807) is 11.8 Å². The van der Waals surface area contributed by atoms with Gasteiger partial charge in [0.05, 0.1) is 5.88 Å². The maximum Gasteiger partial charge on any atom is 0.186 e. The van der Waals surface area contributed by atoms with E-state index in [1.807, 2.05) is 0 Å². The summed E-state index contributed by atoms with van der Waals surface area (Å²) in [4.78, 5) is 3.85. The first-order valence-corrected chi connectivity index (χ1v) is 4.10. The molecule has 0 atom stereocenters. The maximum atomic E-state index is 5.14. The lowest BCUT2D eigenvalue weighted by molar-refractivity contribution is 0.803. The fourth-order valence-corrected chi connectivity index (χ4v) is 0.901. The summed E-state index contributed by atoms with van der Waals surface area (Å²) in [5, 5.41) is 0. The van der Waals surface area contributed by atoms with Crippen LogP contribution in [0.25, 0.3) is 0 Å². The van der Waals surface area contributed by atoms with Gasteiger partial charge in [-0.05, 0) is 0 Å². The summed E-state index contributed by atoms with van der Waals surface area (Å²) in [6.45, 7) is 6.37. The lowest BCUT2D eigenvalue weighted by atomic mass is 10.3. The highest BCUT2D eigenvalue weighted by Gasteiger charge is 2.08. The zero-order valence-corrected chi connectivity index (χ0v) is 7.53. The molecule has 0 aromatic heterocycles. The Morgan fingerprint density at radius 3 is 2.20 bits per heavy atom. The van der Waals surface area contributed by atoms with Crippen LogP contribution in [-0.4, -0.2) is 16.6 Å². The van der Waals surface area contributed by atoms with Crippen LogP contribution in [0.3, 0.4) is 0 Å². The van der Waals surface area contributed by atoms with E-state index in [4.69, 9.17) is 11.5 Å². The van der Waals surface area contributed by atoms with Gasteiger partial charge in [0.15, 0.2) is 5.96 Å². The van der Waals surface area contributed by atoms with Gasteiger partial charge >= 0.3 is 0 Å². The fourth-order valence-electron chi connectivity index (χ4n) is 0.300. The van der Waals surface area contributed by atoms with Gasteiger partial charge in [-0.3, -0.25) is 0 Å². The number of rotatable bonds is 2. The number of nitrogens with two attached hydrogens (primary N) is 2. The first-order valence-electron chi connectivity index (χ1n) is 3.11. The second kappa shape index (κ2) is 3.71. The Hall–Kier alpha value is -0.380. The van der Waals surface area contributed by atoms with E-state index in [1.165, 1.54) is 0 Å². The minimum atomic E-state index is 0.164. The number of hydrogen-bond acceptors (Lipinski definition) is 2. The largest absolute Gasteiger partial charge is 0.370 e. The van der Waals surface area contributed by atoms with Gasteiger partial charge in [0.2, 0.25) is 0 Å². The van der Waals surface area contributed by atoms with Crippen molar-refractivity contribution in [2.45, 2.75) is 25.5 Å². The lowest BCUT2D eigenvalue weighted by Gasteiger charge is -2.15. The Morgan fingerprint density at radius 2 is 1.90 bits per heavy atom. The fraction of sp³-hybridized carbons (Fsp3) is 0.833. The summed E-state index contributed by atoms with van der Waals surface area (Å²) in [5.41, 5.74) is 10.3. The molecule has 0 saturated carbocycles. The van der Waals surface area contributed by atoms with Crippen LogP contribution in [0.4, 0.5) is 0 Å². The molecule has 0 fully saturated rings. The van der Waals surface area contributed by atoms with Crippen LogP contribution >= 0.6 is 11.8 Å². The molecule has 0 aromatic carbocycles. The van der Waals surface area contributed by atoms with Crippen molar-refractivity contribution in [3.63, 3.8) is 0 Å². The van der Waals surface area contributed by atoms with Gasteiger partial charge in [-0.25, -0.2) is 4.99 Å². The van der Waals surface area contributed by atoms with Gasteiger partial charge in [0, 0.05) is 4.75 Å². The SMILES string of the molecule is CC(C)(C)SCN=C(N)N. The lowest BCUT2D eigenvalue weighted by Crippen LogP contribution is -2.23. The average molecular weight is 161 g/mol. The normalized spacial score (nSPS) is 11.1. The first-order chi connectivity index (χ1) is 4.42. The molecule has 0 aliphatic heterocycles. The Balaban J connectivity index is 3.47. The molecule has 3 nitrogen and oxygen atoms in total. The monoisotopic (exact) mass is 161 g/mol. The van der Waals surface area contributed by atoms with E-state index in [0.717, 1.165) is 0 Å². The van der Waals surface area contributed by atoms with E-state index in [-0.39, 0.29) is 10.7 Å². The predicted octanol–water partition coefficient (Wildman–Crippen LogP) is 0.749. The molecule has 0 aromatic rings. The zero-order chi connectivity index (χ0) is 8.20. The third kappa shape index (κ3) is 7.62. The van der Waals surface area contributed by atoms with E-state index in [2.05, 4.69) is 25.8 Å². The van der Waals surface area contributed by atoms with E-state index >= 15 is 0 Å². The van der Waals surface area contributed by atoms with Crippen molar-refractivity contribution in [2.75, 3.05) is 5.88 Å². The minimum absolute atomic E-state index is 0.164. The van der Waals surface area contributed by atoms with Crippen LogP contribution in [0.5, 0.6) is 0 Å². The van der Waals surface area contributed by atoms with Crippen LogP contribution in [-0.2, 0) is 0 Å². The highest BCUT2D eigenvalue weighted by atomic mass is 32.2. The summed E-state index contributed by atoms with van der Waals surface area (Å²) in [6, 6.07) is 0. The second-order valence-corrected chi connectivity index (χ2v) is 4.74. The molecule has 0 rings (SSSR count). The van der Waals surface area contributed by atoms with Crippen LogP contribution in [0.1, 0.15) is 20.8 Å². The van der Waals surface area contributed by atoms with Gasteiger partial charge in [-0.2, -0.15) is 0 Å². The highest BCUT2D eigenvalue weighted by Crippen LogP contribution is 2.22. The quantitative estimate of drug-likeness (QED) is 0.464.